The van der Waals surface area contributed by atoms with Crippen LogP contribution >= 0.6 is 0 Å². The van der Waals surface area contributed by atoms with Crippen LogP contribution in [0, 0.1) is 0 Å². The van der Waals surface area contributed by atoms with Gasteiger partial charge in [-0.05, 0) is 31.0 Å². The molecule has 2 amide bonds. The Kier molecular flexibility index (Phi) is 5.41. The van der Waals surface area contributed by atoms with Crippen molar-refractivity contribution < 1.29 is 9.59 Å². The Morgan fingerprint density at radius 2 is 1.95 bits per heavy atom. The van der Waals surface area contributed by atoms with Crippen molar-refractivity contribution in [3.8, 4) is 0 Å². The topological polar surface area (TPSA) is 52.7 Å². The zero-order valence-electron chi connectivity index (χ0n) is 13.6. The summed E-state index contributed by atoms with van der Waals surface area (Å²) in [6.07, 6.45) is 2.20. The van der Waals surface area contributed by atoms with Gasteiger partial charge in [0.1, 0.15) is 0 Å². The lowest BCUT2D eigenvalue weighted by Crippen LogP contribution is -2.46. The number of hydrogen-bond donors (Lipinski definition) is 1. The summed E-state index contributed by atoms with van der Waals surface area (Å²) in [6, 6.07) is 7.75. The molecule has 0 spiro atoms. The second kappa shape index (κ2) is 7.29. The van der Waals surface area contributed by atoms with E-state index in [2.05, 4.69) is 5.32 Å². The summed E-state index contributed by atoms with van der Waals surface area (Å²) in [6.45, 7) is 3.35. The highest BCUT2D eigenvalue weighted by atomic mass is 16.2. The molecule has 0 bridgehead atoms. The number of carbonyl (C=O) groups excluding carboxylic acids is 2. The molecule has 5 heteroatoms. The highest BCUT2D eigenvalue weighted by molar-refractivity contribution is 5.95. The highest BCUT2D eigenvalue weighted by Crippen LogP contribution is 2.15. The van der Waals surface area contributed by atoms with Crippen LogP contribution < -0.4 is 10.2 Å². The Morgan fingerprint density at radius 3 is 2.55 bits per heavy atom. The molecule has 0 radical (unpaired) electrons. The lowest BCUT2D eigenvalue weighted by Gasteiger charge is -2.32. The number of anilines is 1. The van der Waals surface area contributed by atoms with Gasteiger partial charge in [0.2, 0.25) is 5.91 Å². The van der Waals surface area contributed by atoms with Crippen LogP contribution in [-0.4, -0.2) is 49.9 Å². The van der Waals surface area contributed by atoms with E-state index in [1.54, 1.807) is 0 Å². The monoisotopic (exact) mass is 303 g/mol. The normalized spacial score (nSPS) is 15.5. The largest absolute Gasteiger partial charge is 0.378 e. The number of carbonyl (C=O) groups is 2. The Balaban J connectivity index is 1.91. The first kappa shape index (κ1) is 16.3. The molecule has 22 heavy (non-hydrogen) atoms. The van der Waals surface area contributed by atoms with Crippen LogP contribution in [0.1, 0.15) is 36.5 Å². The third kappa shape index (κ3) is 4.00. The molecule has 120 valence electrons. The predicted molar refractivity (Wildman–Crippen MR) is 88.1 cm³/mol. The number of nitrogens with one attached hydrogen (secondary N) is 1. The molecule has 0 aromatic heterocycles. The summed E-state index contributed by atoms with van der Waals surface area (Å²) in [7, 11) is 3.91. The van der Waals surface area contributed by atoms with Gasteiger partial charge in [-0.25, -0.2) is 0 Å². The number of amides is 2. The molecule has 1 aromatic rings. The van der Waals surface area contributed by atoms with E-state index in [0.29, 0.717) is 12.0 Å². The molecule has 0 atom stereocenters. The molecule has 0 aliphatic carbocycles. The van der Waals surface area contributed by atoms with Crippen LogP contribution in [-0.2, 0) is 4.79 Å². The van der Waals surface area contributed by atoms with Crippen molar-refractivity contribution in [1.82, 2.24) is 10.2 Å². The lowest BCUT2D eigenvalue weighted by atomic mass is 10.0. The SMILES string of the molecule is CCC(=O)N1CCC(NC(=O)c2cccc(N(C)C)c2)CC1. The van der Waals surface area contributed by atoms with Crippen molar-refractivity contribution in [1.29, 1.82) is 0 Å². The molecule has 1 fully saturated rings. The summed E-state index contributed by atoms with van der Waals surface area (Å²) in [5.41, 5.74) is 1.69. The quantitative estimate of drug-likeness (QED) is 0.924. The van der Waals surface area contributed by atoms with Crippen LogP contribution in [0.2, 0.25) is 0 Å². The third-order valence-electron chi connectivity index (χ3n) is 4.11. The van der Waals surface area contributed by atoms with Crippen molar-refractivity contribution in [3.05, 3.63) is 29.8 Å². The number of nitrogens with zero attached hydrogens (tertiary/aromatic N) is 2. The second-order valence-corrected chi connectivity index (χ2v) is 5.93. The molecule has 1 heterocycles. The number of benzene rings is 1. The average molecular weight is 303 g/mol. The summed E-state index contributed by atoms with van der Waals surface area (Å²) in [4.78, 5) is 27.9. The van der Waals surface area contributed by atoms with Crippen molar-refractivity contribution in [2.75, 3.05) is 32.1 Å². The van der Waals surface area contributed by atoms with Gasteiger partial charge < -0.3 is 15.1 Å². The van der Waals surface area contributed by atoms with Crippen molar-refractivity contribution >= 4 is 17.5 Å². The zero-order valence-corrected chi connectivity index (χ0v) is 13.6. The minimum atomic E-state index is -0.0380. The molecular formula is C17H25N3O2. The van der Waals surface area contributed by atoms with E-state index in [4.69, 9.17) is 0 Å². The predicted octanol–water partition coefficient (Wildman–Crippen LogP) is 1.88. The first-order chi connectivity index (χ1) is 10.5. The van der Waals surface area contributed by atoms with Crippen molar-refractivity contribution in [3.63, 3.8) is 0 Å². The third-order valence-corrected chi connectivity index (χ3v) is 4.11. The highest BCUT2D eigenvalue weighted by Gasteiger charge is 2.23. The molecule has 1 aliphatic rings. The smallest absolute Gasteiger partial charge is 0.251 e. The van der Waals surface area contributed by atoms with E-state index in [1.807, 2.05) is 55.1 Å². The van der Waals surface area contributed by atoms with Gasteiger partial charge >= 0.3 is 0 Å². The van der Waals surface area contributed by atoms with Gasteiger partial charge in [0.15, 0.2) is 0 Å². The van der Waals surface area contributed by atoms with Crippen molar-refractivity contribution in [2.45, 2.75) is 32.2 Å². The first-order valence-electron chi connectivity index (χ1n) is 7.87. The molecule has 1 saturated heterocycles. The first-order valence-corrected chi connectivity index (χ1v) is 7.87. The fourth-order valence-corrected chi connectivity index (χ4v) is 2.69. The van der Waals surface area contributed by atoms with Gasteiger partial charge in [-0.1, -0.05) is 13.0 Å². The number of rotatable bonds is 4. The molecule has 0 saturated carbocycles. The standard InChI is InChI=1S/C17H25N3O2/c1-4-16(21)20-10-8-14(9-11-20)18-17(22)13-6-5-7-15(12-13)19(2)3/h5-7,12,14H,4,8-11H2,1-3H3,(H,18,22). The van der Waals surface area contributed by atoms with Crippen LogP contribution in [0.4, 0.5) is 5.69 Å². The fourth-order valence-electron chi connectivity index (χ4n) is 2.69. The van der Waals surface area contributed by atoms with Gasteiger partial charge in [0, 0.05) is 50.9 Å². The van der Waals surface area contributed by atoms with Crippen LogP contribution in [0.5, 0.6) is 0 Å². The summed E-state index contributed by atoms with van der Waals surface area (Å²) in [5, 5.41) is 3.08. The Morgan fingerprint density at radius 1 is 1.27 bits per heavy atom. The lowest BCUT2D eigenvalue weighted by molar-refractivity contribution is -0.131. The molecule has 1 aliphatic heterocycles. The zero-order chi connectivity index (χ0) is 16.1. The minimum absolute atomic E-state index is 0.0380. The molecule has 1 N–H and O–H groups in total. The van der Waals surface area contributed by atoms with Crippen LogP contribution in [0.25, 0.3) is 0 Å². The molecule has 5 nitrogen and oxygen atoms in total. The Hall–Kier alpha value is -2.04. The summed E-state index contributed by atoms with van der Waals surface area (Å²) < 4.78 is 0. The second-order valence-electron chi connectivity index (χ2n) is 5.93. The summed E-state index contributed by atoms with van der Waals surface area (Å²) >= 11 is 0. The average Bonchev–Trinajstić information content (AvgIpc) is 2.54. The van der Waals surface area contributed by atoms with E-state index in [1.165, 1.54) is 0 Å². The fraction of sp³-hybridized carbons (Fsp3) is 0.529. The maximum atomic E-state index is 12.3. The Bertz CT molecular complexity index is 534. The van der Waals surface area contributed by atoms with Crippen molar-refractivity contribution in [2.24, 2.45) is 0 Å². The molecular weight excluding hydrogens is 278 g/mol. The van der Waals surface area contributed by atoms with Gasteiger partial charge in [-0.15, -0.1) is 0 Å². The van der Waals surface area contributed by atoms with Crippen LogP contribution in [0.3, 0.4) is 0 Å². The molecule has 1 aromatic carbocycles. The van der Waals surface area contributed by atoms with Gasteiger partial charge in [-0.3, -0.25) is 9.59 Å². The van der Waals surface area contributed by atoms with E-state index < -0.39 is 0 Å². The molecule has 0 unspecified atom stereocenters. The van der Waals surface area contributed by atoms with Gasteiger partial charge in [0.25, 0.3) is 5.91 Å². The van der Waals surface area contributed by atoms with E-state index in [9.17, 15) is 9.59 Å². The summed E-state index contributed by atoms with van der Waals surface area (Å²) in [5.74, 6) is 0.160. The van der Waals surface area contributed by atoms with Gasteiger partial charge in [0.05, 0.1) is 0 Å². The van der Waals surface area contributed by atoms with E-state index >= 15 is 0 Å². The number of likely N-dealkylation sites (tertiary alicyclic amines) is 1. The maximum absolute atomic E-state index is 12.3. The van der Waals surface area contributed by atoms with Crippen LogP contribution in [0.15, 0.2) is 24.3 Å². The van der Waals surface area contributed by atoms with Gasteiger partial charge in [-0.2, -0.15) is 0 Å². The number of piperidine rings is 1. The molecule has 2 rings (SSSR count). The Labute approximate surface area is 132 Å². The maximum Gasteiger partial charge on any atom is 0.251 e. The minimum Gasteiger partial charge on any atom is -0.378 e. The van der Waals surface area contributed by atoms with E-state index in [0.717, 1.165) is 31.6 Å². The number of hydrogen-bond acceptors (Lipinski definition) is 3. The van der Waals surface area contributed by atoms with E-state index in [-0.39, 0.29) is 17.9 Å².